The van der Waals surface area contributed by atoms with Crippen LogP contribution < -0.4 is 5.73 Å². The molecule has 0 atom stereocenters. The summed E-state index contributed by atoms with van der Waals surface area (Å²) < 4.78 is 4.57. The third-order valence-electron chi connectivity index (χ3n) is 3.15. The van der Waals surface area contributed by atoms with Gasteiger partial charge in [-0.05, 0) is 25.5 Å². The summed E-state index contributed by atoms with van der Waals surface area (Å²) >= 11 is 4.98. The van der Waals surface area contributed by atoms with Gasteiger partial charge in [0.1, 0.15) is 0 Å². The number of carbonyl (C=O) groups is 2. The minimum Gasteiger partial charge on any atom is -0.478 e. The lowest BCUT2D eigenvalue weighted by atomic mass is 10.1. The second-order valence-electron chi connectivity index (χ2n) is 5.25. The molecule has 0 bridgehead atoms. The predicted octanol–water partition coefficient (Wildman–Crippen LogP) is 5.00. The van der Waals surface area contributed by atoms with Gasteiger partial charge in [-0.15, -0.1) is 0 Å². The van der Waals surface area contributed by atoms with Crippen LogP contribution in [0.2, 0.25) is 0 Å². The van der Waals surface area contributed by atoms with Crippen molar-refractivity contribution in [1.82, 2.24) is 0 Å². The van der Waals surface area contributed by atoms with Crippen molar-refractivity contribution in [2.75, 3.05) is 12.3 Å². The van der Waals surface area contributed by atoms with Crippen molar-refractivity contribution in [1.29, 1.82) is 0 Å². The molecule has 0 heterocycles. The number of halogens is 1. The number of carboxylic acid groups (broad SMARTS) is 1. The maximum atomic E-state index is 10.5. The summed E-state index contributed by atoms with van der Waals surface area (Å²) in [6, 6.07) is 4.93. The van der Waals surface area contributed by atoms with Crippen molar-refractivity contribution in [2.45, 2.75) is 52.4 Å². The van der Waals surface area contributed by atoms with Crippen LogP contribution in [-0.2, 0) is 4.74 Å². The van der Waals surface area contributed by atoms with Gasteiger partial charge in [-0.3, -0.25) is 0 Å². The Bertz CT molecular complexity index is 491. The highest BCUT2D eigenvalue weighted by Gasteiger charge is 2.06. The van der Waals surface area contributed by atoms with E-state index in [1.807, 2.05) is 6.92 Å². The van der Waals surface area contributed by atoms with Crippen molar-refractivity contribution < 1.29 is 19.4 Å². The van der Waals surface area contributed by atoms with Crippen LogP contribution in [0, 0.1) is 6.92 Å². The van der Waals surface area contributed by atoms with Crippen LogP contribution >= 0.6 is 11.6 Å². The van der Waals surface area contributed by atoms with Gasteiger partial charge in [-0.2, -0.15) is 0 Å². The molecule has 0 spiro atoms. The number of hydrogen-bond acceptors (Lipinski definition) is 4. The van der Waals surface area contributed by atoms with Crippen LogP contribution in [0.3, 0.4) is 0 Å². The summed E-state index contributed by atoms with van der Waals surface area (Å²) in [5, 5.41) is 8.61. The fourth-order valence-electron chi connectivity index (χ4n) is 1.89. The molecular weight excluding hydrogens is 318 g/mol. The highest BCUT2D eigenvalue weighted by Crippen LogP contribution is 2.12. The van der Waals surface area contributed by atoms with Gasteiger partial charge >= 0.3 is 11.4 Å². The number of carbonyl (C=O) groups excluding carboxylic acids is 1. The van der Waals surface area contributed by atoms with Crippen LogP contribution in [0.5, 0.6) is 0 Å². The summed E-state index contributed by atoms with van der Waals surface area (Å²) in [7, 11) is 0. The third-order valence-corrected chi connectivity index (χ3v) is 3.26. The Morgan fingerprint density at radius 2 is 1.78 bits per heavy atom. The first-order valence-electron chi connectivity index (χ1n) is 7.80. The van der Waals surface area contributed by atoms with Crippen molar-refractivity contribution in [3.05, 3.63) is 29.3 Å². The van der Waals surface area contributed by atoms with Gasteiger partial charge in [0.05, 0.1) is 12.2 Å². The van der Waals surface area contributed by atoms with E-state index >= 15 is 0 Å². The zero-order valence-corrected chi connectivity index (χ0v) is 14.6. The third kappa shape index (κ3) is 11.5. The number of nitrogens with two attached hydrogens (primary N) is 1. The Hall–Kier alpha value is -1.75. The zero-order chi connectivity index (χ0) is 17.7. The first-order valence-corrected chi connectivity index (χ1v) is 8.18. The molecule has 130 valence electrons. The molecule has 23 heavy (non-hydrogen) atoms. The quantitative estimate of drug-likeness (QED) is 0.394. The normalized spacial score (nSPS) is 9.70. The molecule has 0 amide bonds. The fourth-order valence-corrected chi connectivity index (χ4v) is 1.97. The van der Waals surface area contributed by atoms with Crippen LogP contribution in [0.1, 0.15) is 61.4 Å². The molecule has 3 N–H and O–H groups in total. The SMILES string of the molecule is CCCCCCCCOC(=O)Cl.Cc1ccc(N)c(C(=O)O)c1. The number of benzene rings is 1. The first-order chi connectivity index (χ1) is 10.9. The molecule has 0 radical (unpaired) electrons. The number of carboxylic acids is 1. The number of unbranched alkanes of at least 4 members (excludes halogenated alkanes) is 5. The van der Waals surface area contributed by atoms with E-state index in [2.05, 4.69) is 11.7 Å². The number of rotatable bonds is 8. The number of aryl methyl sites for hydroxylation is 1. The highest BCUT2D eigenvalue weighted by molar-refractivity contribution is 6.61. The topological polar surface area (TPSA) is 89.6 Å². The van der Waals surface area contributed by atoms with Crippen LogP contribution in [0.25, 0.3) is 0 Å². The van der Waals surface area contributed by atoms with Gasteiger partial charge in [0.2, 0.25) is 0 Å². The molecule has 1 rings (SSSR count). The molecule has 0 fully saturated rings. The molecule has 0 unspecified atom stereocenters. The molecule has 0 aliphatic carbocycles. The maximum absolute atomic E-state index is 10.5. The van der Waals surface area contributed by atoms with Crippen LogP contribution in [0.4, 0.5) is 10.5 Å². The lowest BCUT2D eigenvalue weighted by molar-refractivity contribution is 0.0698. The number of hydrogen-bond donors (Lipinski definition) is 2. The summed E-state index contributed by atoms with van der Waals surface area (Å²) in [4.78, 5) is 20.6. The molecule has 6 heteroatoms. The predicted molar refractivity (Wildman–Crippen MR) is 93.1 cm³/mol. The zero-order valence-electron chi connectivity index (χ0n) is 13.8. The van der Waals surface area contributed by atoms with E-state index in [4.69, 9.17) is 22.4 Å². The Kier molecular flexibility index (Phi) is 11.8. The monoisotopic (exact) mass is 343 g/mol. The maximum Gasteiger partial charge on any atom is 0.403 e. The van der Waals surface area contributed by atoms with E-state index in [1.54, 1.807) is 18.2 Å². The summed E-state index contributed by atoms with van der Waals surface area (Å²) in [6.07, 6.45) is 7.14. The van der Waals surface area contributed by atoms with Gasteiger partial charge in [-0.25, -0.2) is 9.59 Å². The number of ether oxygens (including phenoxy) is 1. The van der Waals surface area contributed by atoms with Crippen molar-refractivity contribution in [2.24, 2.45) is 0 Å². The summed E-state index contributed by atoms with van der Waals surface area (Å²) in [5.41, 5.74) is 6.10. The Morgan fingerprint density at radius 3 is 2.30 bits per heavy atom. The van der Waals surface area contributed by atoms with E-state index < -0.39 is 11.4 Å². The van der Waals surface area contributed by atoms with Crippen molar-refractivity contribution >= 4 is 28.7 Å². The molecule has 0 saturated carbocycles. The Morgan fingerprint density at radius 1 is 1.17 bits per heavy atom. The van der Waals surface area contributed by atoms with Gasteiger partial charge < -0.3 is 15.6 Å². The molecule has 0 aromatic heterocycles. The van der Waals surface area contributed by atoms with Gasteiger partial charge in [0, 0.05) is 17.3 Å². The largest absolute Gasteiger partial charge is 0.478 e. The smallest absolute Gasteiger partial charge is 0.403 e. The Balaban J connectivity index is 0.000000422. The standard InChI is InChI=1S/C9H17ClO2.C8H9NO2/c1-2-3-4-5-6-7-8-12-9(10)11;1-5-2-3-7(9)6(4-5)8(10)11/h2-8H2,1H3;2-4H,9H2,1H3,(H,10,11). The molecule has 5 nitrogen and oxygen atoms in total. The molecular formula is C17H26ClNO4. The van der Waals surface area contributed by atoms with E-state index in [0.717, 1.165) is 18.4 Å². The molecule has 1 aromatic rings. The van der Waals surface area contributed by atoms with E-state index in [9.17, 15) is 9.59 Å². The number of aromatic carboxylic acids is 1. The Labute approximate surface area is 142 Å². The summed E-state index contributed by atoms with van der Waals surface area (Å²) in [6.45, 7) is 4.48. The van der Waals surface area contributed by atoms with E-state index in [-0.39, 0.29) is 5.56 Å². The number of nitrogen functional groups attached to an aromatic ring is 1. The second-order valence-corrected chi connectivity index (χ2v) is 5.56. The minimum atomic E-state index is -0.980. The second kappa shape index (κ2) is 12.8. The van der Waals surface area contributed by atoms with Gasteiger partial charge in [0.15, 0.2) is 0 Å². The first kappa shape index (κ1) is 21.2. The molecule has 1 aromatic carbocycles. The average Bonchev–Trinajstić information content (AvgIpc) is 2.49. The molecule has 0 saturated heterocycles. The average molecular weight is 344 g/mol. The summed E-state index contributed by atoms with van der Waals surface area (Å²) in [5.74, 6) is -0.980. The highest BCUT2D eigenvalue weighted by atomic mass is 35.5. The van der Waals surface area contributed by atoms with Crippen molar-refractivity contribution in [3.8, 4) is 0 Å². The lowest BCUT2D eigenvalue weighted by Crippen LogP contribution is -2.02. The van der Waals surface area contributed by atoms with Gasteiger partial charge in [0.25, 0.3) is 0 Å². The van der Waals surface area contributed by atoms with Crippen molar-refractivity contribution in [3.63, 3.8) is 0 Å². The van der Waals surface area contributed by atoms with Crippen LogP contribution in [0.15, 0.2) is 18.2 Å². The number of anilines is 1. The van der Waals surface area contributed by atoms with Crippen LogP contribution in [-0.4, -0.2) is 23.1 Å². The molecule has 0 aliphatic heterocycles. The van der Waals surface area contributed by atoms with E-state index in [0.29, 0.717) is 12.3 Å². The minimum absolute atomic E-state index is 0.171. The van der Waals surface area contributed by atoms with Gasteiger partial charge in [-0.1, -0.05) is 50.7 Å². The fraction of sp³-hybridized carbons (Fsp3) is 0.529. The lowest BCUT2D eigenvalue weighted by Gasteiger charge is -2.00. The molecule has 0 aliphatic rings. The van der Waals surface area contributed by atoms with E-state index in [1.165, 1.54) is 25.7 Å².